The van der Waals surface area contributed by atoms with Crippen LogP contribution in [0.1, 0.15) is 52.4 Å². The minimum absolute atomic E-state index is 0.0958. The van der Waals surface area contributed by atoms with Crippen molar-refractivity contribution in [2.75, 3.05) is 19.8 Å². The predicted molar refractivity (Wildman–Crippen MR) is 68.7 cm³/mol. The van der Waals surface area contributed by atoms with Gasteiger partial charge in [-0.1, -0.05) is 6.42 Å². The van der Waals surface area contributed by atoms with Crippen LogP contribution in [0.2, 0.25) is 0 Å². The molecule has 3 N–H and O–H groups in total. The molecule has 0 aromatic heterocycles. The van der Waals surface area contributed by atoms with E-state index in [1.807, 2.05) is 0 Å². The minimum atomic E-state index is -0.219. The Balaban J connectivity index is 2.35. The van der Waals surface area contributed by atoms with Crippen LogP contribution in [0.3, 0.4) is 0 Å². The summed E-state index contributed by atoms with van der Waals surface area (Å²) in [6, 6.07) is 0. The van der Waals surface area contributed by atoms with E-state index in [-0.39, 0.29) is 17.6 Å². The lowest BCUT2D eigenvalue weighted by Crippen LogP contribution is -2.59. The van der Waals surface area contributed by atoms with Crippen molar-refractivity contribution < 1.29 is 9.84 Å². The largest absolute Gasteiger partial charge is 0.396 e. The number of hydrogen-bond acceptors (Lipinski definition) is 3. The first-order valence-electron chi connectivity index (χ1n) is 6.95. The lowest BCUT2D eigenvalue weighted by Gasteiger charge is -2.55. The van der Waals surface area contributed by atoms with Crippen molar-refractivity contribution in [3.63, 3.8) is 0 Å². The molecule has 17 heavy (non-hydrogen) atoms. The highest BCUT2D eigenvalue weighted by molar-refractivity contribution is 5.11. The maximum absolute atomic E-state index is 9.48. The molecule has 2 rings (SSSR count). The lowest BCUT2D eigenvalue weighted by molar-refractivity contribution is -0.0889. The smallest absolute Gasteiger partial charge is 0.0471 e. The van der Waals surface area contributed by atoms with Gasteiger partial charge in [0.05, 0.1) is 0 Å². The van der Waals surface area contributed by atoms with E-state index in [2.05, 4.69) is 13.8 Å². The van der Waals surface area contributed by atoms with Crippen LogP contribution in [-0.4, -0.2) is 30.5 Å². The molecule has 1 spiro atoms. The van der Waals surface area contributed by atoms with Gasteiger partial charge in [-0.3, -0.25) is 0 Å². The molecule has 1 aliphatic carbocycles. The molecule has 3 heteroatoms. The Bertz CT molecular complexity index is 266. The molecule has 0 aromatic rings. The standard InChI is InChI=1S/C14H27NO2/c1-12(2,15)14(6-9-16)5-3-4-13(14)7-10-17-11-8-13/h16H,3-11,15H2,1-2H3. The van der Waals surface area contributed by atoms with E-state index in [1.165, 1.54) is 12.8 Å². The fourth-order valence-electron chi connectivity index (χ4n) is 4.63. The van der Waals surface area contributed by atoms with Crippen molar-refractivity contribution >= 4 is 0 Å². The van der Waals surface area contributed by atoms with E-state index < -0.39 is 0 Å². The summed E-state index contributed by atoms with van der Waals surface area (Å²) in [7, 11) is 0. The summed E-state index contributed by atoms with van der Waals surface area (Å²) in [5.74, 6) is 0. The molecule has 1 atom stereocenters. The molecule has 100 valence electrons. The Morgan fingerprint density at radius 1 is 1.18 bits per heavy atom. The second-order valence-corrected chi connectivity index (χ2v) is 6.52. The quantitative estimate of drug-likeness (QED) is 0.795. The van der Waals surface area contributed by atoms with Gasteiger partial charge in [0.1, 0.15) is 0 Å². The maximum atomic E-state index is 9.48. The fraction of sp³-hybridized carbons (Fsp3) is 1.00. The summed E-state index contributed by atoms with van der Waals surface area (Å²) in [5.41, 5.74) is 6.70. The molecular formula is C14H27NO2. The molecule has 1 heterocycles. The maximum Gasteiger partial charge on any atom is 0.0471 e. The van der Waals surface area contributed by atoms with Crippen molar-refractivity contribution in [2.24, 2.45) is 16.6 Å². The summed E-state index contributed by atoms with van der Waals surface area (Å²) in [5, 5.41) is 9.48. The normalized spacial score (nSPS) is 33.2. The molecule has 1 saturated heterocycles. The van der Waals surface area contributed by atoms with Crippen molar-refractivity contribution in [3.8, 4) is 0 Å². The third-order valence-corrected chi connectivity index (χ3v) is 5.50. The molecule has 2 aliphatic rings. The van der Waals surface area contributed by atoms with Gasteiger partial charge in [-0.05, 0) is 56.8 Å². The number of hydrogen-bond donors (Lipinski definition) is 2. The van der Waals surface area contributed by atoms with Crippen LogP contribution < -0.4 is 5.73 Å². The topological polar surface area (TPSA) is 55.5 Å². The van der Waals surface area contributed by atoms with E-state index >= 15 is 0 Å². The van der Waals surface area contributed by atoms with Crippen LogP contribution in [0.5, 0.6) is 0 Å². The van der Waals surface area contributed by atoms with Crippen LogP contribution in [0.15, 0.2) is 0 Å². The molecular weight excluding hydrogens is 214 g/mol. The summed E-state index contributed by atoms with van der Waals surface area (Å²) in [6.07, 6.45) is 6.76. The highest BCUT2D eigenvalue weighted by Gasteiger charge is 2.59. The van der Waals surface area contributed by atoms with Crippen LogP contribution >= 0.6 is 0 Å². The molecule has 0 amide bonds. The molecule has 0 radical (unpaired) electrons. The Kier molecular flexibility index (Phi) is 3.54. The zero-order valence-electron chi connectivity index (χ0n) is 11.3. The lowest BCUT2D eigenvalue weighted by atomic mass is 9.53. The Hall–Kier alpha value is -0.120. The van der Waals surface area contributed by atoms with E-state index in [4.69, 9.17) is 10.5 Å². The highest BCUT2D eigenvalue weighted by Crippen LogP contribution is 2.63. The fourth-order valence-corrected chi connectivity index (χ4v) is 4.63. The molecule has 2 fully saturated rings. The van der Waals surface area contributed by atoms with Gasteiger partial charge >= 0.3 is 0 Å². The van der Waals surface area contributed by atoms with Gasteiger partial charge in [0.15, 0.2) is 0 Å². The number of rotatable bonds is 3. The SMILES string of the molecule is CC(C)(N)C1(CCO)CCCC12CCOCC2. The minimum Gasteiger partial charge on any atom is -0.396 e. The number of aliphatic hydroxyl groups excluding tert-OH is 1. The molecule has 0 bridgehead atoms. The monoisotopic (exact) mass is 241 g/mol. The Labute approximate surface area is 105 Å². The Morgan fingerprint density at radius 2 is 1.82 bits per heavy atom. The van der Waals surface area contributed by atoms with Gasteiger partial charge in [0.2, 0.25) is 0 Å². The van der Waals surface area contributed by atoms with E-state index in [0.29, 0.717) is 5.41 Å². The number of aliphatic hydroxyl groups is 1. The summed E-state index contributed by atoms with van der Waals surface area (Å²) in [6.45, 7) is 6.27. The van der Waals surface area contributed by atoms with Crippen molar-refractivity contribution in [3.05, 3.63) is 0 Å². The van der Waals surface area contributed by atoms with Gasteiger partial charge in [-0.2, -0.15) is 0 Å². The zero-order valence-corrected chi connectivity index (χ0v) is 11.3. The number of ether oxygens (including phenoxy) is 1. The molecule has 3 nitrogen and oxygen atoms in total. The summed E-state index contributed by atoms with van der Waals surface area (Å²) < 4.78 is 5.54. The van der Waals surface area contributed by atoms with E-state index in [9.17, 15) is 5.11 Å². The average molecular weight is 241 g/mol. The van der Waals surface area contributed by atoms with Crippen LogP contribution in [0.25, 0.3) is 0 Å². The van der Waals surface area contributed by atoms with Crippen molar-refractivity contribution in [1.82, 2.24) is 0 Å². The predicted octanol–water partition coefficient (Wildman–Crippen LogP) is 2.07. The van der Waals surface area contributed by atoms with Gasteiger partial charge in [-0.25, -0.2) is 0 Å². The average Bonchev–Trinajstić information content (AvgIpc) is 2.60. The Morgan fingerprint density at radius 3 is 2.35 bits per heavy atom. The third-order valence-electron chi connectivity index (χ3n) is 5.50. The van der Waals surface area contributed by atoms with Crippen molar-refractivity contribution in [1.29, 1.82) is 0 Å². The molecule has 0 aromatic carbocycles. The van der Waals surface area contributed by atoms with Crippen LogP contribution in [0.4, 0.5) is 0 Å². The molecule has 1 saturated carbocycles. The summed E-state index contributed by atoms with van der Waals surface area (Å²) >= 11 is 0. The first-order chi connectivity index (χ1) is 7.97. The van der Waals surface area contributed by atoms with Gasteiger partial charge in [-0.15, -0.1) is 0 Å². The first kappa shape index (κ1) is 13.3. The third kappa shape index (κ3) is 1.92. The molecule has 1 unspecified atom stereocenters. The van der Waals surface area contributed by atoms with Gasteiger partial charge < -0.3 is 15.6 Å². The van der Waals surface area contributed by atoms with E-state index in [1.54, 1.807) is 0 Å². The van der Waals surface area contributed by atoms with Gasteiger partial charge in [0, 0.05) is 25.4 Å². The van der Waals surface area contributed by atoms with Crippen molar-refractivity contribution in [2.45, 2.75) is 57.9 Å². The second-order valence-electron chi connectivity index (χ2n) is 6.52. The summed E-state index contributed by atoms with van der Waals surface area (Å²) in [4.78, 5) is 0. The zero-order chi connectivity index (χ0) is 12.6. The van der Waals surface area contributed by atoms with Gasteiger partial charge in [0.25, 0.3) is 0 Å². The van der Waals surface area contributed by atoms with Crippen LogP contribution in [-0.2, 0) is 4.74 Å². The second kappa shape index (κ2) is 4.52. The first-order valence-corrected chi connectivity index (χ1v) is 6.95. The number of nitrogens with two attached hydrogens (primary N) is 1. The molecule has 1 aliphatic heterocycles. The van der Waals surface area contributed by atoms with Crippen LogP contribution in [0, 0.1) is 10.8 Å². The van der Waals surface area contributed by atoms with E-state index in [0.717, 1.165) is 38.9 Å². The highest BCUT2D eigenvalue weighted by atomic mass is 16.5.